The molecule has 0 spiro atoms. The van der Waals surface area contributed by atoms with Crippen LogP contribution in [0.1, 0.15) is 37.0 Å². The zero-order valence-electron chi connectivity index (χ0n) is 13.5. The summed E-state index contributed by atoms with van der Waals surface area (Å²) in [7, 11) is 1.55. The van der Waals surface area contributed by atoms with Gasteiger partial charge in [0.2, 0.25) is 0 Å². The van der Waals surface area contributed by atoms with Crippen molar-refractivity contribution in [3.8, 4) is 5.75 Å². The van der Waals surface area contributed by atoms with Crippen molar-refractivity contribution in [3.05, 3.63) is 28.8 Å². The number of carbonyl (C=O) groups is 1. The minimum absolute atomic E-state index is 0.00386. The van der Waals surface area contributed by atoms with Crippen LogP contribution in [-0.2, 0) is 4.74 Å². The maximum Gasteiger partial charge on any atom is 0.257 e. The summed E-state index contributed by atoms with van der Waals surface area (Å²) >= 11 is 5.94. The maximum absolute atomic E-state index is 12.6. The van der Waals surface area contributed by atoms with E-state index in [1.807, 2.05) is 4.90 Å². The summed E-state index contributed by atoms with van der Waals surface area (Å²) in [6.07, 6.45) is 2.03. The number of nitrogens with zero attached hydrogens (tertiary/aromatic N) is 1. The molecule has 1 aromatic rings. The van der Waals surface area contributed by atoms with Gasteiger partial charge in [0, 0.05) is 24.7 Å². The first-order valence-electron chi connectivity index (χ1n) is 7.75. The van der Waals surface area contributed by atoms with Crippen LogP contribution in [0.4, 0.5) is 0 Å². The third-order valence-corrected chi connectivity index (χ3v) is 4.02. The Morgan fingerprint density at radius 2 is 2.05 bits per heavy atom. The molecule has 4 nitrogen and oxygen atoms in total. The van der Waals surface area contributed by atoms with Crippen LogP contribution >= 0.6 is 11.6 Å². The Hall–Kier alpha value is -1.26. The van der Waals surface area contributed by atoms with E-state index in [-0.39, 0.29) is 12.0 Å². The van der Waals surface area contributed by atoms with Crippen LogP contribution < -0.4 is 4.74 Å². The molecule has 1 saturated heterocycles. The molecule has 0 unspecified atom stereocenters. The van der Waals surface area contributed by atoms with Gasteiger partial charge in [-0.15, -0.1) is 0 Å². The number of methoxy groups -OCH3 is 1. The van der Waals surface area contributed by atoms with Crippen LogP contribution in [0.5, 0.6) is 5.75 Å². The number of halogens is 1. The van der Waals surface area contributed by atoms with Crippen molar-refractivity contribution in [2.24, 2.45) is 5.92 Å². The Bertz CT molecular complexity index is 511. The van der Waals surface area contributed by atoms with E-state index < -0.39 is 0 Å². The number of hydrogen-bond donors (Lipinski definition) is 0. The topological polar surface area (TPSA) is 38.8 Å². The second-order valence-electron chi connectivity index (χ2n) is 6.06. The fourth-order valence-electron chi connectivity index (χ4n) is 2.57. The highest BCUT2D eigenvalue weighted by Gasteiger charge is 2.26. The summed E-state index contributed by atoms with van der Waals surface area (Å²) in [5.74, 6) is 1.06. The smallest absolute Gasteiger partial charge is 0.257 e. The number of benzene rings is 1. The summed E-state index contributed by atoms with van der Waals surface area (Å²) < 4.78 is 11.1. The van der Waals surface area contributed by atoms with Gasteiger partial charge in [-0.05, 0) is 37.0 Å². The molecule has 22 heavy (non-hydrogen) atoms. The van der Waals surface area contributed by atoms with Crippen molar-refractivity contribution in [2.75, 3.05) is 26.8 Å². The molecule has 0 radical (unpaired) electrons. The molecule has 0 bridgehead atoms. The van der Waals surface area contributed by atoms with Crippen molar-refractivity contribution in [1.82, 2.24) is 4.90 Å². The predicted molar refractivity (Wildman–Crippen MR) is 87.7 cm³/mol. The molecule has 1 aliphatic heterocycles. The summed E-state index contributed by atoms with van der Waals surface area (Å²) in [4.78, 5) is 14.5. The monoisotopic (exact) mass is 325 g/mol. The zero-order chi connectivity index (χ0) is 16.1. The van der Waals surface area contributed by atoms with Crippen molar-refractivity contribution < 1.29 is 14.3 Å². The van der Waals surface area contributed by atoms with E-state index in [9.17, 15) is 4.79 Å². The van der Waals surface area contributed by atoms with Gasteiger partial charge in [-0.2, -0.15) is 0 Å². The quantitative estimate of drug-likeness (QED) is 0.830. The molecule has 0 saturated carbocycles. The van der Waals surface area contributed by atoms with Crippen LogP contribution in [0.3, 0.4) is 0 Å². The molecule has 1 aliphatic rings. The third-order valence-electron chi connectivity index (χ3n) is 3.79. The summed E-state index contributed by atoms with van der Waals surface area (Å²) in [5, 5.41) is 0.564. The Labute approximate surface area is 137 Å². The van der Waals surface area contributed by atoms with Crippen molar-refractivity contribution in [2.45, 2.75) is 32.8 Å². The van der Waals surface area contributed by atoms with Gasteiger partial charge in [-0.1, -0.05) is 25.4 Å². The van der Waals surface area contributed by atoms with Crippen LogP contribution in [0.25, 0.3) is 0 Å². The third kappa shape index (κ3) is 4.37. The fourth-order valence-corrected chi connectivity index (χ4v) is 2.73. The average Bonchev–Trinajstić information content (AvgIpc) is 2.52. The highest BCUT2D eigenvalue weighted by molar-refractivity contribution is 6.30. The molecule has 2 rings (SSSR count). The fraction of sp³-hybridized carbons (Fsp3) is 0.588. The molecule has 1 fully saturated rings. The molecule has 5 heteroatoms. The second-order valence-corrected chi connectivity index (χ2v) is 6.50. The molecule has 0 aromatic heterocycles. The molecular weight excluding hydrogens is 302 g/mol. The van der Waals surface area contributed by atoms with E-state index in [1.54, 1.807) is 25.3 Å². The lowest BCUT2D eigenvalue weighted by molar-refractivity contribution is -0.00236. The largest absolute Gasteiger partial charge is 0.496 e. The predicted octanol–water partition coefficient (Wildman–Crippen LogP) is 3.63. The number of carbonyl (C=O) groups excluding carboxylic acids is 1. The second kappa shape index (κ2) is 7.84. The molecule has 0 N–H and O–H groups in total. The van der Waals surface area contributed by atoms with Crippen LogP contribution in [0.2, 0.25) is 5.02 Å². The van der Waals surface area contributed by atoms with E-state index in [2.05, 4.69) is 13.8 Å². The zero-order valence-corrected chi connectivity index (χ0v) is 14.2. The van der Waals surface area contributed by atoms with E-state index in [1.165, 1.54) is 0 Å². The minimum atomic E-state index is -0.00386. The number of ether oxygens (including phenoxy) is 2. The normalized spacial score (nSPS) is 16.1. The lowest BCUT2D eigenvalue weighted by atomic mass is 10.1. The Morgan fingerprint density at radius 1 is 1.36 bits per heavy atom. The van der Waals surface area contributed by atoms with E-state index in [0.29, 0.717) is 35.3 Å². The van der Waals surface area contributed by atoms with Gasteiger partial charge in [-0.3, -0.25) is 4.79 Å². The number of piperidine rings is 1. The number of rotatable bonds is 5. The highest BCUT2D eigenvalue weighted by atomic mass is 35.5. The number of amides is 1. The standard InChI is InChI=1S/C17H24ClNO3/c1-12(2)11-22-14-6-8-19(9-7-14)17(20)15-5-4-13(18)10-16(15)21-3/h4-5,10,12,14H,6-9,11H2,1-3H3. The molecular formula is C17H24ClNO3. The molecule has 122 valence electrons. The van der Waals surface area contributed by atoms with Gasteiger partial charge in [0.25, 0.3) is 5.91 Å². The van der Waals surface area contributed by atoms with Crippen LogP contribution in [0.15, 0.2) is 18.2 Å². The van der Waals surface area contributed by atoms with Gasteiger partial charge >= 0.3 is 0 Å². The molecule has 1 aromatic carbocycles. The van der Waals surface area contributed by atoms with Gasteiger partial charge in [0.15, 0.2) is 0 Å². The number of hydrogen-bond acceptors (Lipinski definition) is 3. The summed E-state index contributed by atoms with van der Waals surface area (Å²) in [6, 6.07) is 5.12. The van der Waals surface area contributed by atoms with Crippen molar-refractivity contribution in [3.63, 3.8) is 0 Å². The van der Waals surface area contributed by atoms with Gasteiger partial charge in [-0.25, -0.2) is 0 Å². The lowest BCUT2D eigenvalue weighted by Crippen LogP contribution is -2.41. The Kier molecular flexibility index (Phi) is 6.09. The maximum atomic E-state index is 12.6. The van der Waals surface area contributed by atoms with Gasteiger partial charge < -0.3 is 14.4 Å². The lowest BCUT2D eigenvalue weighted by Gasteiger charge is -2.32. The molecule has 0 atom stereocenters. The highest BCUT2D eigenvalue weighted by Crippen LogP contribution is 2.26. The van der Waals surface area contributed by atoms with Gasteiger partial charge in [0.05, 0.1) is 18.8 Å². The number of likely N-dealkylation sites (tertiary alicyclic amines) is 1. The minimum Gasteiger partial charge on any atom is -0.496 e. The van der Waals surface area contributed by atoms with E-state index in [0.717, 1.165) is 19.4 Å². The van der Waals surface area contributed by atoms with E-state index in [4.69, 9.17) is 21.1 Å². The van der Waals surface area contributed by atoms with Crippen molar-refractivity contribution >= 4 is 17.5 Å². The average molecular weight is 326 g/mol. The van der Waals surface area contributed by atoms with Crippen molar-refractivity contribution in [1.29, 1.82) is 0 Å². The van der Waals surface area contributed by atoms with Crippen LogP contribution in [0, 0.1) is 5.92 Å². The molecule has 0 aliphatic carbocycles. The summed E-state index contributed by atoms with van der Waals surface area (Å²) in [6.45, 7) is 6.50. The Morgan fingerprint density at radius 3 is 2.64 bits per heavy atom. The SMILES string of the molecule is COc1cc(Cl)ccc1C(=O)N1CCC(OCC(C)C)CC1. The molecule has 1 heterocycles. The first-order valence-corrected chi connectivity index (χ1v) is 8.13. The Balaban J connectivity index is 1.95. The first-order chi connectivity index (χ1) is 10.5. The van der Waals surface area contributed by atoms with E-state index >= 15 is 0 Å². The van der Waals surface area contributed by atoms with Crippen LogP contribution in [-0.4, -0.2) is 43.7 Å². The first kappa shape index (κ1) is 17.1. The summed E-state index contributed by atoms with van der Waals surface area (Å²) in [5.41, 5.74) is 0.563. The van der Waals surface area contributed by atoms with Gasteiger partial charge in [0.1, 0.15) is 5.75 Å². The molecule has 1 amide bonds.